The summed E-state index contributed by atoms with van der Waals surface area (Å²) in [5, 5.41) is 1.59. The fraction of sp³-hybridized carbons (Fsp3) is 0.158. The van der Waals surface area contributed by atoms with E-state index in [1.807, 2.05) is 30.3 Å². The molecule has 0 bridgehead atoms. The number of ether oxygens (including phenoxy) is 1. The standard InChI is InChI=1S/C19H16Cl2N2O2S/c1-22-16(18(24)23(2)19(22)26)9-12-5-3-4-6-17(12)25-11-13-7-8-14(20)10-15(13)21/h3-10H,11H2,1-2H3/b16-9-. The van der Waals surface area contributed by atoms with E-state index in [0.29, 0.717) is 26.6 Å². The predicted molar refractivity (Wildman–Crippen MR) is 108 cm³/mol. The Morgan fingerprint density at radius 3 is 2.50 bits per heavy atom. The van der Waals surface area contributed by atoms with Crippen LogP contribution in [0.25, 0.3) is 6.08 Å². The van der Waals surface area contributed by atoms with Crippen LogP contribution < -0.4 is 4.74 Å². The number of para-hydroxylation sites is 1. The predicted octanol–water partition coefficient (Wildman–Crippen LogP) is 4.60. The Morgan fingerprint density at radius 2 is 1.85 bits per heavy atom. The molecule has 1 amide bonds. The highest BCUT2D eigenvalue weighted by atomic mass is 35.5. The Balaban J connectivity index is 1.86. The third kappa shape index (κ3) is 3.70. The molecule has 3 rings (SSSR count). The zero-order valence-corrected chi connectivity index (χ0v) is 16.5. The number of carbonyl (C=O) groups is 1. The maximum atomic E-state index is 12.4. The van der Waals surface area contributed by atoms with Gasteiger partial charge in [-0.3, -0.25) is 9.69 Å². The molecule has 4 nitrogen and oxygen atoms in total. The second-order valence-corrected chi connectivity index (χ2v) is 7.01. The van der Waals surface area contributed by atoms with Crippen LogP contribution in [-0.4, -0.2) is 34.9 Å². The molecule has 1 aliphatic rings. The van der Waals surface area contributed by atoms with Crippen LogP contribution in [0.3, 0.4) is 0 Å². The van der Waals surface area contributed by atoms with Crippen LogP contribution in [0, 0.1) is 0 Å². The normalized spacial score (nSPS) is 15.9. The van der Waals surface area contributed by atoms with Gasteiger partial charge < -0.3 is 9.64 Å². The molecule has 1 aliphatic heterocycles. The number of thiocarbonyl (C=S) groups is 1. The van der Waals surface area contributed by atoms with Gasteiger partial charge in [-0.1, -0.05) is 47.5 Å². The van der Waals surface area contributed by atoms with Gasteiger partial charge in [-0.15, -0.1) is 0 Å². The molecule has 0 aromatic heterocycles. The molecule has 7 heteroatoms. The minimum atomic E-state index is -0.145. The highest BCUT2D eigenvalue weighted by molar-refractivity contribution is 7.80. The van der Waals surface area contributed by atoms with Crippen LogP contribution in [-0.2, 0) is 11.4 Å². The summed E-state index contributed by atoms with van der Waals surface area (Å²) in [6.45, 7) is 0.290. The van der Waals surface area contributed by atoms with Crippen molar-refractivity contribution >= 4 is 52.5 Å². The maximum absolute atomic E-state index is 12.4. The number of benzene rings is 2. The highest BCUT2D eigenvalue weighted by Gasteiger charge is 2.32. The molecule has 0 unspecified atom stereocenters. The lowest BCUT2D eigenvalue weighted by Gasteiger charge is -2.13. The lowest BCUT2D eigenvalue weighted by Crippen LogP contribution is -2.26. The lowest BCUT2D eigenvalue weighted by atomic mass is 10.1. The largest absolute Gasteiger partial charge is 0.488 e. The average molecular weight is 407 g/mol. The Morgan fingerprint density at radius 1 is 1.12 bits per heavy atom. The number of hydrogen-bond donors (Lipinski definition) is 0. The maximum Gasteiger partial charge on any atom is 0.276 e. The van der Waals surface area contributed by atoms with Crippen LogP contribution in [0.1, 0.15) is 11.1 Å². The summed E-state index contributed by atoms with van der Waals surface area (Å²) in [5.41, 5.74) is 2.11. The van der Waals surface area contributed by atoms with Gasteiger partial charge in [-0.2, -0.15) is 0 Å². The number of hydrogen-bond acceptors (Lipinski definition) is 3. The second kappa shape index (κ2) is 7.66. The molecule has 26 heavy (non-hydrogen) atoms. The van der Waals surface area contributed by atoms with Crippen molar-refractivity contribution in [3.63, 3.8) is 0 Å². The van der Waals surface area contributed by atoms with E-state index in [0.717, 1.165) is 11.1 Å². The Bertz CT molecular complexity index is 914. The van der Waals surface area contributed by atoms with E-state index >= 15 is 0 Å². The number of likely N-dealkylation sites (N-methyl/N-ethyl adjacent to an activating group) is 2. The van der Waals surface area contributed by atoms with E-state index in [1.54, 1.807) is 37.2 Å². The molecule has 0 spiro atoms. The minimum Gasteiger partial charge on any atom is -0.488 e. The molecule has 134 valence electrons. The third-order valence-corrected chi connectivity index (χ3v) is 5.20. The van der Waals surface area contributed by atoms with E-state index < -0.39 is 0 Å². The second-order valence-electron chi connectivity index (χ2n) is 5.80. The summed E-state index contributed by atoms with van der Waals surface area (Å²) in [6.07, 6.45) is 1.77. The number of rotatable bonds is 4. The van der Waals surface area contributed by atoms with Gasteiger partial charge in [-0.25, -0.2) is 0 Å². The van der Waals surface area contributed by atoms with Gasteiger partial charge in [0.15, 0.2) is 5.11 Å². The van der Waals surface area contributed by atoms with Gasteiger partial charge in [0.25, 0.3) is 5.91 Å². The number of nitrogens with zero attached hydrogens (tertiary/aromatic N) is 2. The Hall–Kier alpha value is -2.08. The minimum absolute atomic E-state index is 0.145. The summed E-state index contributed by atoms with van der Waals surface area (Å²) >= 11 is 17.4. The zero-order valence-electron chi connectivity index (χ0n) is 14.2. The van der Waals surface area contributed by atoms with E-state index in [1.165, 1.54) is 4.90 Å². The SMILES string of the molecule is CN1C(=O)/C(=C/c2ccccc2OCc2ccc(Cl)cc2Cl)N(C)C1=S. The van der Waals surface area contributed by atoms with Crippen molar-refractivity contribution in [1.82, 2.24) is 9.80 Å². The average Bonchev–Trinajstić information content (AvgIpc) is 2.80. The highest BCUT2D eigenvalue weighted by Crippen LogP contribution is 2.28. The van der Waals surface area contributed by atoms with Crippen LogP contribution in [0.2, 0.25) is 10.0 Å². The number of amides is 1. The van der Waals surface area contributed by atoms with Crippen molar-refractivity contribution in [3.05, 3.63) is 69.3 Å². The molecule has 2 aromatic rings. The molecule has 0 radical (unpaired) electrons. The van der Waals surface area contributed by atoms with Gasteiger partial charge >= 0.3 is 0 Å². The van der Waals surface area contributed by atoms with Crippen molar-refractivity contribution in [1.29, 1.82) is 0 Å². The smallest absolute Gasteiger partial charge is 0.276 e. The number of halogens is 2. The fourth-order valence-electron chi connectivity index (χ4n) is 2.56. The van der Waals surface area contributed by atoms with Crippen LogP contribution in [0.5, 0.6) is 5.75 Å². The molecule has 1 heterocycles. The monoisotopic (exact) mass is 406 g/mol. The fourth-order valence-corrected chi connectivity index (χ4v) is 3.21. The molecular formula is C19H16Cl2N2O2S. The van der Waals surface area contributed by atoms with Crippen LogP contribution >= 0.6 is 35.4 Å². The van der Waals surface area contributed by atoms with Gasteiger partial charge in [-0.05, 0) is 36.5 Å². The van der Waals surface area contributed by atoms with Gasteiger partial charge in [0.1, 0.15) is 18.1 Å². The number of carbonyl (C=O) groups excluding carboxylic acids is 1. The quantitative estimate of drug-likeness (QED) is 0.548. The van der Waals surface area contributed by atoms with Crippen LogP contribution in [0.4, 0.5) is 0 Å². The Labute approximate surface area is 167 Å². The topological polar surface area (TPSA) is 32.8 Å². The van der Waals surface area contributed by atoms with Crippen molar-refractivity contribution in [2.75, 3.05) is 14.1 Å². The summed E-state index contributed by atoms with van der Waals surface area (Å²) in [7, 11) is 3.43. The molecule has 2 aromatic carbocycles. The lowest BCUT2D eigenvalue weighted by molar-refractivity contribution is -0.121. The molecule has 1 fully saturated rings. The van der Waals surface area contributed by atoms with Crippen molar-refractivity contribution in [2.45, 2.75) is 6.61 Å². The van der Waals surface area contributed by atoms with E-state index in [-0.39, 0.29) is 12.5 Å². The van der Waals surface area contributed by atoms with E-state index in [2.05, 4.69) is 0 Å². The van der Waals surface area contributed by atoms with Crippen LogP contribution in [0.15, 0.2) is 48.2 Å². The third-order valence-electron chi connectivity index (χ3n) is 4.07. The van der Waals surface area contributed by atoms with Crippen molar-refractivity contribution in [2.24, 2.45) is 0 Å². The summed E-state index contributed by atoms with van der Waals surface area (Å²) < 4.78 is 5.93. The molecule has 0 N–H and O–H groups in total. The molecular weight excluding hydrogens is 391 g/mol. The van der Waals surface area contributed by atoms with E-state index in [9.17, 15) is 4.79 Å². The zero-order chi connectivity index (χ0) is 18.8. The summed E-state index contributed by atoms with van der Waals surface area (Å²) in [5.74, 6) is 0.501. The molecule has 0 atom stereocenters. The van der Waals surface area contributed by atoms with Crippen molar-refractivity contribution in [3.8, 4) is 5.75 Å². The summed E-state index contributed by atoms with van der Waals surface area (Å²) in [4.78, 5) is 15.5. The molecule has 1 saturated heterocycles. The van der Waals surface area contributed by atoms with Gasteiger partial charge in [0.05, 0.1) is 0 Å². The Kier molecular flexibility index (Phi) is 5.51. The van der Waals surface area contributed by atoms with E-state index in [4.69, 9.17) is 40.2 Å². The first kappa shape index (κ1) is 18.7. The first-order chi connectivity index (χ1) is 12.4. The first-order valence-electron chi connectivity index (χ1n) is 7.81. The summed E-state index contributed by atoms with van der Waals surface area (Å²) in [6, 6.07) is 12.8. The van der Waals surface area contributed by atoms with Crippen molar-refractivity contribution < 1.29 is 9.53 Å². The van der Waals surface area contributed by atoms with Gasteiger partial charge in [0.2, 0.25) is 0 Å². The molecule has 0 aliphatic carbocycles. The van der Waals surface area contributed by atoms with Gasteiger partial charge in [0, 0.05) is 35.3 Å². The molecule has 0 saturated carbocycles. The first-order valence-corrected chi connectivity index (χ1v) is 8.98.